The van der Waals surface area contributed by atoms with E-state index in [1.807, 2.05) is 32.0 Å². The molecule has 0 aliphatic heterocycles. The van der Waals surface area contributed by atoms with Crippen LogP contribution in [0.25, 0.3) is 0 Å². The lowest BCUT2D eigenvalue weighted by Crippen LogP contribution is -2.22. The second-order valence-corrected chi connectivity index (χ2v) is 5.38. The standard InChI is InChI=1S/C17H23N3O2/c1-4-5-10-20-16(8-9-18-20)19-17(21)12-22-15-7-6-13(2)14(3)11-15/h6-9,11H,4-5,10,12H2,1-3H3,(H,19,21). The number of aryl methyl sites for hydroxylation is 3. The first-order valence-corrected chi connectivity index (χ1v) is 7.62. The molecule has 0 spiro atoms. The van der Waals surface area contributed by atoms with E-state index in [1.165, 1.54) is 5.56 Å². The summed E-state index contributed by atoms with van der Waals surface area (Å²) in [5, 5.41) is 7.04. The first kappa shape index (κ1) is 16.1. The maximum Gasteiger partial charge on any atom is 0.263 e. The lowest BCUT2D eigenvalue weighted by Gasteiger charge is -2.10. The van der Waals surface area contributed by atoms with E-state index in [2.05, 4.69) is 17.3 Å². The molecule has 1 N–H and O–H groups in total. The van der Waals surface area contributed by atoms with Crippen LogP contribution >= 0.6 is 0 Å². The lowest BCUT2D eigenvalue weighted by molar-refractivity contribution is -0.118. The molecule has 0 aliphatic carbocycles. The number of nitrogens with one attached hydrogen (secondary N) is 1. The summed E-state index contributed by atoms with van der Waals surface area (Å²) in [6.45, 7) is 6.98. The molecular weight excluding hydrogens is 278 g/mol. The van der Waals surface area contributed by atoms with Gasteiger partial charge in [0.2, 0.25) is 0 Å². The molecule has 1 amide bonds. The van der Waals surface area contributed by atoms with Crippen molar-refractivity contribution in [3.05, 3.63) is 41.6 Å². The van der Waals surface area contributed by atoms with Crippen LogP contribution in [0.15, 0.2) is 30.5 Å². The summed E-state index contributed by atoms with van der Waals surface area (Å²) in [6, 6.07) is 7.60. The average molecular weight is 301 g/mol. The Morgan fingerprint density at radius 2 is 2.09 bits per heavy atom. The van der Waals surface area contributed by atoms with Crippen LogP contribution in [0.1, 0.15) is 30.9 Å². The summed E-state index contributed by atoms with van der Waals surface area (Å²) < 4.78 is 7.33. The number of carbonyl (C=O) groups is 1. The molecule has 0 radical (unpaired) electrons. The fraction of sp³-hybridized carbons (Fsp3) is 0.412. The van der Waals surface area contributed by atoms with Crippen LogP contribution < -0.4 is 10.1 Å². The van der Waals surface area contributed by atoms with Crippen molar-refractivity contribution in [2.45, 2.75) is 40.2 Å². The highest BCUT2D eigenvalue weighted by atomic mass is 16.5. The Kier molecular flexibility index (Phi) is 5.58. The molecule has 0 fully saturated rings. The minimum Gasteiger partial charge on any atom is -0.484 e. The zero-order chi connectivity index (χ0) is 15.9. The number of unbranched alkanes of at least 4 members (excludes halogenated alkanes) is 1. The summed E-state index contributed by atoms with van der Waals surface area (Å²) in [6.07, 6.45) is 3.81. The molecule has 1 heterocycles. The second kappa shape index (κ2) is 7.64. The van der Waals surface area contributed by atoms with Gasteiger partial charge in [-0.3, -0.25) is 4.79 Å². The lowest BCUT2D eigenvalue weighted by atomic mass is 10.1. The molecule has 1 aromatic carbocycles. The molecule has 118 valence electrons. The Morgan fingerprint density at radius 3 is 2.82 bits per heavy atom. The Bertz CT molecular complexity index is 635. The number of hydrogen-bond acceptors (Lipinski definition) is 3. The Morgan fingerprint density at radius 1 is 1.27 bits per heavy atom. The Hall–Kier alpha value is -2.30. The summed E-state index contributed by atoms with van der Waals surface area (Å²) in [5.74, 6) is 1.23. The molecule has 0 unspecified atom stereocenters. The van der Waals surface area contributed by atoms with Gasteiger partial charge in [0.05, 0.1) is 6.20 Å². The van der Waals surface area contributed by atoms with Crippen LogP contribution in [-0.4, -0.2) is 22.3 Å². The van der Waals surface area contributed by atoms with Crippen molar-refractivity contribution >= 4 is 11.7 Å². The summed E-state index contributed by atoms with van der Waals surface area (Å²) >= 11 is 0. The van der Waals surface area contributed by atoms with Crippen molar-refractivity contribution in [1.29, 1.82) is 0 Å². The highest BCUT2D eigenvalue weighted by molar-refractivity contribution is 5.91. The number of carbonyl (C=O) groups excluding carboxylic acids is 1. The van der Waals surface area contributed by atoms with Crippen LogP contribution in [0.4, 0.5) is 5.82 Å². The highest BCUT2D eigenvalue weighted by Gasteiger charge is 2.08. The van der Waals surface area contributed by atoms with Crippen molar-refractivity contribution < 1.29 is 9.53 Å². The third-order valence-corrected chi connectivity index (χ3v) is 3.56. The van der Waals surface area contributed by atoms with Gasteiger partial charge in [-0.15, -0.1) is 0 Å². The molecule has 2 rings (SSSR count). The maximum atomic E-state index is 12.0. The summed E-state index contributed by atoms with van der Waals surface area (Å²) in [7, 11) is 0. The van der Waals surface area contributed by atoms with E-state index in [1.54, 1.807) is 16.9 Å². The van der Waals surface area contributed by atoms with Gasteiger partial charge in [0.1, 0.15) is 11.6 Å². The Balaban J connectivity index is 1.87. The first-order valence-electron chi connectivity index (χ1n) is 7.62. The fourth-order valence-electron chi connectivity index (χ4n) is 2.06. The normalized spacial score (nSPS) is 10.5. The number of aromatic nitrogens is 2. The molecule has 5 nitrogen and oxygen atoms in total. The zero-order valence-corrected chi connectivity index (χ0v) is 13.4. The molecule has 2 aromatic rings. The molecule has 0 bridgehead atoms. The monoisotopic (exact) mass is 301 g/mol. The minimum absolute atomic E-state index is 0.0124. The van der Waals surface area contributed by atoms with Gasteiger partial charge in [-0.2, -0.15) is 5.10 Å². The van der Waals surface area contributed by atoms with Crippen molar-refractivity contribution in [2.24, 2.45) is 0 Å². The van der Waals surface area contributed by atoms with Crippen molar-refractivity contribution in [3.63, 3.8) is 0 Å². The number of ether oxygens (including phenoxy) is 1. The number of benzene rings is 1. The smallest absolute Gasteiger partial charge is 0.263 e. The van der Waals surface area contributed by atoms with Crippen molar-refractivity contribution in [2.75, 3.05) is 11.9 Å². The Labute approximate surface area is 131 Å². The highest BCUT2D eigenvalue weighted by Crippen LogP contribution is 2.16. The number of hydrogen-bond donors (Lipinski definition) is 1. The van der Waals surface area contributed by atoms with Gasteiger partial charge in [-0.25, -0.2) is 4.68 Å². The van der Waals surface area contributed by atoms with Gasteiger partial charge in [0, 0.05) is 12.6 Å². The van der Waals surface area contributed by atoms with E-state index < -0.39 is 0 Å². The van der Waals surface area contributed by atoms with E-state index in [0.717, 1.165) is 24.9 Å². The SMILES string of the molecule is CCCCn1nccc1NC(=O)COc1ccc(C)c(C)c1. The second-order valence-electron chi connectivity index (χ2n) is 5.38. The van der Waals surface area contributed by atoms with Crippen molar-refractivity contribution in [3.8, 4) is 5.75 Å². The van der Waals surface area contributed by atoms with Crippen LogP contribution in [0, 0.1) is 13.8 Å². The molecule has 5 heteroatoms. The predicted molar refractivity (Wildman–Crippen MR) is 87.2 cm³/mol. The minimum atomic E-state index is -0.184. The molecule has 0 atom stereocenters. The summed E-state index contributed by atoms with van der Waals surface area (Å²) in [5.41, 5.74) is 2.35. The summed E-state index contributed by atoms with van der Waals surface area (Å²) in [4.78, 5) is 12.0. The molecule has 0 saturated heterocycles. The van der Waals surface area contributed by atoms with Crippen LogP contribution in [0.2, 0.25) is 0 Å². The van der Waals surface area contributed by atoms with E-state index in [0.29, 0.717) is 11.6 Å². The quantitative estimate of drug-likeness (QED) is 0.853. The number of rotatable bonds is 7. The van der Waals surface area contributed by atoms with Crippen LogP contribution in [-0.2, 0) is 11.3 Å². The van der Waals surface area contributed by atoms with Crippen molar-refractivity contribution in [1.82, 2.24) is 9.78 Å². The van der Waals surface area contributed by atoms with E-state index >= 15 is 0 Å². The number of nitrogens with zero attached hydrogens (tertiary/aromatic N) is 2. The maximum absolute atomic E-state index is 12.0. The van der Waals surface area contributed by atoms with Gasteiger partial charge in [-0.05, 0) is 43.5 Å². The molecule has 1 aromatic heterocycles. The first-order chi connectivity index (χ1) is 10.6. The van der Waals surface area contributed by atoms with Crippen LogP contribution in [0.5, 0.6) is 5.75 Å². The van der Waals surface area contributed by atoms with Gasteiger partial charge in [0.25, 0.3) is 5.91 Å². The number of amides is 1. The van der Waals surface area contributed by atoms with Gasteiger partial charge < -0.3 is 10.1 Å². The third-order valence-electron chi connectivity index (χ3n) is 3.56. The topological polar surface area (TPSA) is 56.2 Å². The predicted octanol–water partition coefficient (Wildman–Crippen LogP) is 3.32. The fourth-order valence-corrected chi connectivity index (χ4v) is 2.06. The molecule has 22 heavy (non-hydrogen) atoms. The van der Waals surface area contributed by atoms with E-state index in [-0.39, 0.29) is 12.5 Å². The van der Waals surface area contributed by atoms with Crippen LogP contribution in [0.3, 0.4) is 0 Å². The van der Waals surface area contributed by atoms with E-state index in [9.17, 15) is 4.79 Å². The van der Waals surface area contributed by atoms with Gasteiger partial charge in [0.15, 0.2) is 6.61 Å². The third kappa shape index (κ3) is 4.35. The van der Waals surface area contributed by atoms with Gasteiger partial charge >= 0.3 is 0 Å². The molecule has 0 saturated carbocycles. The molecular formula is C17H23N3O2. The molecule has 0 aliphatic rings. The average Bonchev–Trinajstić information content (AvgIpc) is 2.93. The number of anilines is 1. The largest absolute Gasteiger partial charge is 0.484 e. The van der Waals surface area contributed by atoms with Gasteiger partial charge in [-0.1, -0.05) is 19.4 Å². The van der Waals surface area contributed by atoms with E-state index in [4.69, 9.17) is 4.74 Å². The zero-order valence-electron chi connectivity index (χ0n) is 13.4.